The van der Waals surface area contributed by atoms with Gasteiger partial charge in [0.05, 0.1) is 17.3 Å². The molecule has 36 heavy (non-hydrogen) atoms. The molecule has 3 heterocycles. The number of primary amides is 1. The molecule has 184 valence electrons. The van der Waals surface area contributed by atoms with Crippen LogP contribution in [0.25, 0.3) is 33.4 Å². The van der Waals surface area contributed by atoms with E-state index in [1.807, 2.05) is 59.3 Å². The maximum absolute atomic E-state index is 12.5. The van der Waals surface area contributed by atoms with Gasteiger partial charge in [0.25, 0.3) is 5.91 Å². The average molecular weight is 482 g/mol. The van der Waals surface area contributed by atoms with Gasteiger partial charge < -0.3 is 16.4 Å². The first-order valence-corrected chi connectivity index (χ1v) is 12.5. The maximum Gasteiger partial charge on any atom is 0.254 e. The number of aromatic nitrogens is 3. The van der Waals surface area contributed by atoms with Gasteiger partial charge in [0.2, 0.25) is 0 Å². The van der Waals surface area contributed by atoms with Crippen LogP contribution in [0.1, 0.15) is 29.2 Å². The Hall–Kier alpha value is -3.75. The second-order valence-corrected chi connectivity index (χ2v) is 10.0. The van der Waals surface area contributed by atoms with Gasteiger partial charge in [-0.15, -0.1) is 0 Å². The molecule has 0 atom stereocenters. The Balaban J connectivity index is 1.31. The Morgan fingerprint density at radius 1 is 0.917 bits per heavy atom. The molecule has 4 aromatic rings. The first-order valence-electron chi connectivity index (χ1n) is 12.5. The summed E-state index contributed by atoms with van der Waals surface area (Å²) in [6, 6.07) is 20.8. The van der Waals surface area contributed by atoms with E-state index in [1.165, 1.54) is 0 Å². The molecule has 1 aliphatic carbocycles. The summed E-state index contributed by atoms with van der Waals surface area (Å²) in [5.74, 6) is -0.208. The minimum Gasteiger partial charge on any atom is -0.383 e. The summed E-state index contributed by atoms with van der Waals surface area (Å²) in [5.41, 5.74) is 16.6. The van der Waals surface area contributed by atoms with Gasteiger partial charge in [-0.05, 0) is 32.0 Å². The number of anilines is 1. The van der Waals surface area contributed by atoms with E-state index in [2.05, 4.69) is 22.9 Å². The zero-order chi connectivity index (χ0) is 24.8. The molecule has 8 nitrogen and oxygen atoms in total. The Morgan fingerprint density at radius 2 is 1.64 bits per heavy atom. The van der Waals surface area contributed by atoms with Crippen molar-refractivity contribution >= 4 is 22.6 Å². The molecular formula is C28H31N7O. The summed E-state index contributed by atoms with van der Waals surface area (Å²) in [6.45, 7) is 4.39. The van der Waals surface area contributed by atoms with Crippen molar-refractivity contribution in [2.75, 3.05) is 39.0 Å². The van der Waals surface area contributed by atoms with Crippen LogP contribution in [0.4, 0.5) is 5.82 Å². The van der Waals surface area contributed by atoms with Crippen LogP contribution in [0.5, 0.6) is 0 Å². The lowest BCUT2D eigenvalue weighted by Crippen LogP contribution is -2.53. The Morgan fingerprint density at radius 3 is 2.36 bits per heavy atom. The number of hydrogen-bond donors (Lipinski definition) is 2. The predicted octanol–water partition coefficient (Wildman–Crippen LogP) is 3.40. The molecule has 1 aliphatic heterocycles. The summed E-state index contributed by atoms with van der Waals surface area (Å²) >= 11 is 0. The lowest BCUT2D eigenvalue weighted by atomic mass is 9.85. The van der Waals surface area contributed by atoms with Crippen LogP contribution in [-0.4, -0.2) is 69.7 Å². The van der Waals surface area contributed by atoms with E-state index in [-0.39, 0.29) is 11.6 Å². The summed E-state index contributed by atoms with van der Waals surface area (Å²) < 4.78 is 1.82. The van der Waals surface area contributed by atoms with Crippen molar-refractivity contribution in [2.45, 2.75) is 24.9 Å². The van der Waals surface area contributed by atoms with Crippen molar-refractivity contribution < 1.29 is 4.79 Å². The molecular weight excluding hydrogens is 450 g/mol. The van der Waals surface area contributed by atoms with Gasteiger partial charge in [0.1, 0.15) is 17.1 Å². The fourth-order valence-corrected chi connectivity index (χ4v) is 5.45. The molecule has 0 unspecified atom stereocenters. The van der Waals surface area contributed by atoms with Crippen LogP contribution in [0.2, 0.25) is 0 Å². The van der Waals surface area contributed by atoms with Gasteiger partial charge in [-0.2, -0.15) is 5.10 Å². The van der Waals surface area contributed by atoms with Crippen LogP contribution in [-0.2, 0) is 0 Å². The molecule has 2 fully saturated rings. The zero-order valence-electron chi connectivity index (χ0n) is 20.5. The van der Waals surface area contributed by atoms with Crippen molar-refractivity contribution in [1.82, 2.24) is 24.6 Å². The molecule has 1 saturated carbocycles. The number of fused-ring (bicyclic) bond motifs is 1. The number of carbonyl (C=O) groups excluding carboxylic acids is 1. The number of nitrogen functional groups attached to an aromatic ring is 1. The SMILES string of the molecule is CN1CCN(C2CC(n3nc(-c4ccc5ccc(-c6ccccc6)nc5c4)c(C(N)=O)c3N)C2)CC1. The van der Waals surface area contributed by atoms with Crippen molar-refractivity contribution in [3.63, 3.8) is 0 Å². The fraction of sp³-hybridized carbons (Fsp3) is 0.321. The fourth-order valence-electron chi connectivity index (χ4n) is 5.45. The summed E-state index contributed by atoms with van der Waals surface area (Å²) in [4.78, 5) is 22.3. The zero-order valence-corrected chi connectivity index (χ0v) is 20.5. The van der Waals surface area contributed by atoms with E-state index in [0.29, 0.717) is 17.6 Å². The third kappa shape index (κ3) is 4.02. The highest BCUT2D eigenvalue weighted by molar-refractivity contribution is 6.04. The van der Waals surface area contributed by atoms with Crippen LogP contribution in [0.3, 0.4) is 0 Å². The molecule has 2 aromatic carbocycles. The van der Waals surface area contributed by atoms with Crippen molar-refractivity contribution in [2.24, 2.45) is 5.73 Å². The monoisotopic (exact) mass is 481 g/mol. The number of amides is 1. The van der Waals surface area contributed by atoms with Crippen LogP contribution >= 0.6 is 0 Å². The second-order valence-electron chi connectivity index (χ2n) is 10.0. The minimum atomic E-state index is -0.560. The van der Waals surface area contributed by atoms with Gasteiger partial charge in [0.15, 0.2) is 0 Å². The Bertz CT molecular complexity index is 1420. The van der Waals surface area contributed by atoms with Crippen molar-refractivity contribution in [1.29, 1.82) is 0 Å². The van der Waals surface area contributed by atoms with Gasteiger partial charge in [-0.25, -0.2) is 9.67 Å². The summed E-state index contributed by atoms with van der Waals surface area (Å²) in [5, 5.41) is 5.85. The molecule has 0 radical (unpaired) electrons. The van der Waals surface area contributed by atoms with Crippen molar-refractivity contribution in [3.05, 3.63) is 66.2 Å². The molecule has 2 aliphatic rings. The maximum atomic E-state index is 12.5. The number of benzene rings is 2. The van der Waals surface area contributed by atoms with E-state index >= 15 is 0 Å². The van der Waals surface area contributed by atoms with Crippen LogP contribution < -0.4 is 11.5 Å². The largest absolute Gasteiger partial charge is 0.383 e. The van der Waals surface area contributed by atoms with E-state index < -0.39 is 5.91 Å². The molecule has 0 bridgehead atoms. The quantitative estimate of drug-likeness (QED) is 0.453. The summed E-state index contributed by atoms with van der Waals surface area (Å²) in [7, 11) is 2.17. The number of rotatable bonds is 5. The first kappa shape index (κ1) is 22.7. The third-order valence-corrected chi connectivity index (χ3v) is 7.72. The van der Waals surface area contributed by atoms with E-state index in [1.54, 1.807) is 0 Å². The van der Waals surface area contributed by atoms with Gasteiger partial charge in [0, 0.05) is 48.7 Å². The predicted molar refractivity (Wildman–Crippen MR) is 142 cm³/mol. The minimum absolute atomic E-state index is 0.171. The van der Waals surface area contributed by atoms with Gasteiger partial charge in [-0.3, -0.25) is 9.69 Å². The molecule has 6 rings (SSSR count). The van der Waals surface area contributed by atoms with Gasteiger partial charge >= 0.3 is 0 Å². The third-order valence-electron chi connectivity index (χ3n) is 7.72. The first-order chi connectivity index (χ1) is 17.5. The molecule has 1 saturated heterocycles. The second kappa shape index (κ2) is 9.04. The number of pyridine rings is 1. The number of nitrogens with zero attached hydrogens (tertiary/aromatic N) is 5. The smallest absolute Gasteiger partial charge is 0.254 e. The summed E-state index contributed by atoms with van der Waals surface area (Å²) in [6.07, 6.45) is 1.96. The normalized spacial score (nSPS) is 20.9. The number of piperazine rings is 1. The number of hydrogen-bond acceptors (Lipinski definition) is 6. The van der Waals surface area contributed by atoms with E-state index in [0.717, 1.165) is 66.7 Å². The topological polar surface area (TPSA) is 106 Å². The van der Waals surface area contributed by atoms with Crippen LogP contribution in [0.15, 0.2) is 60.7 Å². The number of carbonyl (C=O) groups is 1. The van der Waals surface area contributed by atoms with E-state index in [4.69, 9.17) is 21.5 Å². The Labute approximate surface area is 210 Å². The van der Waals surface area contributed by atoms with Crippen LogP contribution in [0, 0.1) is 0 Å². The molecule has 2 aromatic heterocycles. The van der Waals surface area contributed by atoms with Gasteiger partial charge in [-0.1, -0.05) is 48.5 Å². The molecule has 1 amide bonds. The number of nitrogens with two attached hydrogens (primary N) is 2. The highest BCUT2D eigenvalue weighted by Gasteiger charge is 2.38. The molecule has 0 spiro atoms. The Kier molecular flexibility index (Phi) is 5.70. The average Bonchev–Trinajstić information content (AvgIpc) is 3.21. The molecule has 4 N–H and O–H groups in total. The number of likely N-dealkylation sites (N-methyl/N-ethyl adjacent to an activating group) is 1. The van der Waals surface area contributed by atoms with E-state index in [9.17, 15) is 4.79 Å². The standard InChI is InChI=1S/C28H31N7O/c1-33-11-13-34(14-12-33)21-16-22(17-21)35-27(29)25(28(30)36)26(32-35)20-8-7-19-9-10-23(31-24(19)15-20)18-5-3-2-4-6-18/h2-10,15,21-22H,11-14,16-17,29H2,1H3,(H2,30,36). The highest BCUT2D eigenvalue weighted by Crippen LogP contribution is 2.40. The highest BCUT2D eigenvalue weighted by atomic mass is 16.1. The lowest BCUT2D eigenvalue weighted by Gasteiger charge is -2.46. The molecule has 8 heteroatoms. The van der Waals surface area contributed by atoms with Crippen molar-refractivity contribution in [3.8, 4) is 22.5 Å². The lowest BCUT2D eigenvalue weighted by molar-refractivity contribution is 0.0412.